The fourth-order valence-corrected chi connectivity index (χ4v) is 3.90. The third kappa shape index (κ3) is 3.43. The number of esters is 1. The molecule has 0 fully saturated rings. The van der Waals surface area contributed by atoms with Gasteiger partial charge in [-0.1, -0.05) is 17.7 Å². The lowest BCUT2D eigenvalue weighted by Crippen LogP contribution is -2.05. The summed E-state index contributed by atoms with van der Waals surface area (Å²) in [5, 5.41) is 8.85. The summed E-state index contributed by atoms with van der Waals surface area (Å²) in [4.78, 5) is 12.7. The number of aromatic nitrogens is 2. The first-order valence-electron chi connectivity index (χ1n) is 7.96. The van der Waals surface area contributed by atoms with E-state index in [9.17, 15) is 9.18 Å². The molecule has 0 atom stereocenters. The van der Waals surface area contributed by atoms with Crippen molar-refractivity contribution in [3.63, 3.8) is 0 Å². The van der Waals surface area contributed by atoms with Crippen molar-refractivity contribution in [2.75, 3.05) is 0 Å². The molecule has 2 aromatic carbocycles. The molecule has 0 N–H and O–H groups in total. The van der Waals surface area contributed by atoms with E-state index in [2.05, 4.69) is 10.2 Å². The second-order valence-corrected chi connectivity index (χ2v) is 7.24. The van der Waals surface area contributed by atoms with Gasteiger partial charge in [-0.2, -0.15) is 0 Å². The van der Waals surface area contributed by atoms with Gasteiger partial charge in [0, 0.05) is 20.7 Å². The first kappa shape index (κ1) is 17.6. The smallest absolute Gasteiger partial charge is 0.349 e. The predicted molar refractivity (Wildman–Crippen MR) is 100 cm³/mol. The van der Waals surface area contributed by atoms with Gasteiger partial charge < -0.3 is 9.15 Å². The Morgan fingerprint density at radius 1 is 1.22 bits per heavy atom. The van der Waals surface area contributed by atoms with Gasteiger partial charge in [-0.25, -0.2) is 9.18 Å². The minimum atomic E-state index is -0.556. The van der Waals surface area contributed by atoms with Gasteiger partial charge in [0.05, 0.1) is 0 Å². The van der Waals surface area contributed by atoms with E-state index in [1.54, 1.807) is 43.3 Å². The molecule has 136 valence electrons. The maximum Gasteiger partial charge on any atom is 0.349 e. The van der Waals surface area contributed by atoms with Gasteiger partial charge in [-0.05, 0) is 48.9 Å². The molecule has 0 saturated heterocycles. The Kier molecular flexibility index (Phi) is 4.63. The molecular weight excluding hydrogens is 391 g/mol. The fraction of sp³-hybridized carbons (Fsp3) is 0.105. The standard InChI is InChI=1S/C19H12ClFN2O3S/c1-10-16-13(21)3-2-4-14(16)27-17(10)19(24)25-9-15-22-23-18(26-15)11-5-7-12(20)8-6-11/h2-8H,9H2,1H3. The summed E-state index contributed by atoms with van der Waals surface area (Å²) in [6.07, 6.45) is 0. The summed E-state index contributed by atoms with van der Waals surface area (Å²) in [5.74, 6) is -0.444. The summed E-state index contributed by atoms with van der Waals surface area (Å²) >= 11 is 7.04. The summed E-state index contributed by atoms with van der Waals surface area (Å²) in [7, 11) is 0. The van der Waals surface area contributed by atoms with Gasteiger partial charge in [0.2, 0.25) is 5.89 Å². The molecule has 0 saturated carbocycles. The lowest BCUT2D eigenvalue weighted by molar-refractivity contribution is 0.0444. The Morgan fingerprint density at radius 3 is 2.74 bits per heavy atom. The van der Waals surface area contributed by atoms with E-state index in [-0.39, 0.29) is 18.3 Å². The molecule has 2 heterocycles. The monoisotopic (exact) mass is 402 g/mol. The van der Waals surface area contributed by atoms with Crippen LogP contribution in [0, 0.1) is 12.7 Å². The van der Waals surface area contributed by atoms with Gasteiger partial charge in [0.15, 0.2) is 6.61 Å². The van der Waals surface area contributed by atoms with Gasteiger partial charge >= 0.3 is 5.97 Å². The number of rotatable bonds is 4. The Hall–Kier alpha value is -2.77. The zero-order valence-electron chi connectivity index (χ0n) is 14.0. The average molecular weight is 403 g/mol. The van der Waals surface area contributed by atoms with Crippen LogP contribution in [0.4, 0.5) is 4.39 Å². The van der Waals surface area contributed by atoms with E-state index < -0.39 is 5.97 Å². The summed E-state index contributed by atoms with van der Waals surface area (Å²) in [5.41, 5.74) is 1.27. The first-order valence-corrected chi connectivity index (χ1v) is 9.15. The molecule has 5 nitrogen and oxygen atoms in total. The fourth-order valence-electron chi connectivity index (χ4n) is 2.66. The highest BCUT2D eigenvalue weighted by molar-refractivity contribution is 7.21. The van der Waals surface area contributed by atoms with E-state index in [4.69, 9.17) is 20.8 Å². The topological polar surface area (TPSA) is 65.2 Å². The van der Waals surface area contributed by atoms with Gasteiger partial charge in [-0.3, -0.25) is 0 Å². The minimum Gasteiger partial charge on any atom is -0.451 e. The van der Waals surface area contributed by atoms with Crippen molar-refractivity contribution < 1.29 is 18.3 Å². The van der Waals surface area contributed by atoms with Crippen LogP contribution in [0.15, 0.2) is 46.9 Å². The van der Waals surface area contributed by atoms with Crippen molar-refractivity contribution in [1.82, 2.24) is 10.2 Å². The summed E-state index contributed by atoms with van der Waals surface area (Å²) in [6.45, 7) is 1.53. The number of carbonyl (C=O) groups is 1. The average Bonchev–Trinajstić information content (AvgIpc) is 3.26. The van der Waals surface area contributed by atoms with E-state index in [0.717, 1.165) is 0 Å². The van der Waals surface area contributed by atoms with Gasteiger partial charge in [0.25, 0.3) is 5.89 Å². The minimum absolute atomic E-state index is 0.165. The number of halogens is 2. The van der Waals surface area contributed by atoms with Crippen LogP contribution < -0.4 is 0 Å². The number of benzene rings is 2. The molecule has 0 spiro atoms. The SMILES string of the molecule is Cc1c(C(=O)OCc2nnc(-c3ccc(Cl)cc3)o2)sc2cccc(F)c12. The Labute approximate surface area is 162 Å². The van der Waals surface area contributed by atoms with Crippen molar-refractivity contribution >= 4 is 39.0 Å². The highest BCUT2D eigenvalue weighted by Gasteiger charge is 2.20. The zero-order chi connectivity index (χ0) is 19.0. The van der Waals surface area contributed by atoms with Crippen molar-refractivity contribution in [2.45, 2.75) is 13.5 Å². The first-order chi connectivity index (χ1) is 13.0. The van der Waals surface area contributed by atoms with Crippen molar-refractivity contribution in [3.8, 4) is 11.5 Å². The molecule has 27 heavy (non-hydrogen) atoms. The quantitative estimate of drug-likeness (QED) is 0.427. The molecule has 0 bridgehead atoms. The number of hydrogen-bond donors (Lipinski definition) is 0. The van der Waals surface area contributed by atoms with Crippen LogP contribution in [0.1, 0.15) is 21.1 Å². The third-order valence-electron chi connectivity index (χ3n) is 3.97. The van der Waals surface area contributed by atoms with E-state index in [1.165, 1.54) is 17.4 Å². The van der Waals surface area contributed by atoms with Crippen molar-refractivity contribution in [3.05, 3.63) is 69.6 Å². The molecule has 0 aliphatic rings. The molecule has 4 rings (SSSR count). The predicted octanol–water partition coefficient (Wildman–Crippen LogP) is 5.41. The van der Waals surface area contributed by atoms with Crippen molar-refractivity contribution in [2.24, 2.45) is 0 Å². The van der Waals surface area contributed by atoms with E-state index in [0.29, 0.717) is 37.0 Å². The maximum atomic E-state index is 14.0. The largest absolute Gasteiger partial charge is 0.451 e. The molecule has 0 unspecified atom stereocenters. The van der Waals surface area contributed by atoms with Crippen LogP contribution in [0.25, 0.3) is 21.5 Å². The Bertz CT molecular complexity index is 1140. The Balaban J connectivity index is 1.49. The van der Waals surface area contributed by atoms with Gasteiger partial charge in [-0.15, -0.1) is 21.5 Å². The molecule has 2 aromatic heterocycles. The summed E-state index contributed by atoms with van der Waals surface area (Å²) in [6, 6.07) is 11.7. The lowest BCUT2D eigenvalue weighted by atomic mass is 10.1. The highest BCUT2D eigenvalue weighted by atomic mass is 35.5. The summed E-state index contributed by atoms with van der Waals surface area (Å²) < 4.78 is 25.4. The van der Waals surface area contributed by atoms with Crippen LogP contribution in [-0.2, 0) is 11.3 Å². The molecule has 8 heteroatoms. The normalized spacial score (nSPS) is 11.1. The van der Waals surface area contributed by atoms with E-state index in [1.807, 2.05) is 0 Å². The number of carbonyl (C=O) groups excluding carboxylic acids is 1. The van der Waals surface area contributed by atoms with Crippen LogP contribution >= 0.6 is 22.9 Å². The number of hydrogen-bond acceptors (Lipinski definition) is 6. The van der Waals surface area contributed by atoms with Crippen LogP contribution in [0.2, 0.25) is 5.02 Å². The lowest BCUT2D eigenvalue weighted by Gasteiger charge is -2.01. The van der Waals surface area contributed by atoms with Crippen LogP contribution in [0.3, 0.4) is 0 Å². The van der Waals surface area contributed by atoms with Crippen LogP contribution in [-0.4, -0.2) is 16.2 Å². The molecule has 0 amide bonds. The van der Waals surface area contributed by atoms with Crippen LogP contribution in [0.5, 0.6) is 0 Å². The second-order valence-electron chi connectivity index (χ2n) is 5.75. The number of ether oxygens (including phenoxy) is 1. The zero-order valence-corrected chi connectivity index (χ0v) is 15.6. The van der Waals surface area contributed by atoms with E-state index >= 15 is 0 Å². The van der Waals surface area contributed by atoms with Crippen molar-refractivity contribution in [1.29, 1.82) is 0 Å². The number of nitrogens with zero attached hydrogens (tertiary/aromatic N) is 2. The molecule has 0 aliphatic carbocycles. The second kappa shape index (κ2) is 7.09. The molecule has 0 radical (unpaired) electrons. The third-order valence-corrected chi connectivity index (χ3v) is 5.46. The number of aryl methyl sites for hydroxylation is 1. The number of fused-ring (bicyclic) bond motifs is 1. The molecule has 4 aromatic rings. The Morgan fingerprint density at radius 2 is 2.00 bits per heavy atom. The highest BCUT2D eigenvalue weighted by Crippen LogP contribution is 2.33. The van der Waals surface area contributed by atoms with Gasteiger partial charge in [0.1, 0.15) is 10.7 Å². The number of thiophene rings is 1. The maximum absolute atomic E-state index is 14.0. The molecule has 0 aliphatic heterocycles. The molecular formula is C19H12ClFN2O3S.